The number of amides is 1. The number of nitrogens with zero attached hydrogens (tertiary/aromatic N) is 5. The number of carbonyl (C=O) groups is 1. The third kappa shape index (κ3) is 6.34. The van der Waals surface area contributed by atoms with E-state index in [4.69, 9.17) is 28.9 Å². The van der Waals surface area contributed by atoms with Gasteiger partial charge in [-0.25, -0.2) is 18.6 Å². The van der Waals surface area contributed by atoms with Gasteiger partial charge in [0.25, 0.3) is 0 Å². The van der Waals surface area contributed by atoms with Crippen LogP contribution >= 0.6 is 0 Å². The Labute approximate surface area is 318 Å². The number of carbonyl (C=O) groups excluding carboxylic acids is 1. The number of phenolic OH excluding ortho intramolecular Hbond substituents is 1. The van der Waals surface area contributed by atoms with E-state index in [1.165, 1.54) is 31.4 Å². The average molecular weight is 759 g/mol. The Balaban J connectivity index is 1.14. The number of aromatic hydroxyl groups is 1. The SMILES string of the molecule is COc1nc(-c2cc(O)cc3cccc(F)c23)c(F)c2nc(OC[C@]34CCC[C@H]3N(C3C[C@@H](C)O[C@@H](C)C3)CCC4)nc(N3CCC[C@]4(CNC(=O)O4)C3)c12. The maximum absolute atomic E-state index is 17.3. The van der Waals surface area contributed by atoms with Crippen molar-refractivity contribution in [3.63, 3.8) is 0 Å². The summed E-state index contributed by atoms with van der Waals surface area (Å²) < 4.78 is 57.1. The zero-order valence-corrected chi connectivity index (χ0v) is 31.6. The van der Waals surface area contributed by atoms with E-state index in [2.05, 4.69) is 29.0 Å². The van der Waals surface area contributed by atoms with Crippen LogP contribution in [0.1, 0.15) is 71.6 Å². The van der Waals surface area contributed by atoms with Crippen LogP contribution in [0.5, 0.6) is 17.6 Å². The van der Waals surface area contributed by atoms with E-state index < -0.39 is 23.3 Å². The number of piperidine rings is 2. The number of halogens is 2. The smallest absolute Gasteiger partial charge is 0.407 e. The van der Waals surface area contributed by atoms with E-state index >= 15 is 8.78 Å². The standard InChI is InChI=1S/C41H48F2N6O6/c1-23-16-26(17-24(2)54-23)49-15-6-12-40(11-5-10-30(40)49)22-53-38-46-35-32(36(47-38)48-14-7-13-41(21-48)20-44-39(51)55-41)37(52-3)45-34(33(35)43)28-19-27(50)18-25-8-4-9-29(42)31(25)28/h4,8-9,18-19,23-24,26,30,50H,5-7,10-17,20-22H2,1-3H3,(H,44,51)/t23-,24+,26?,30-,40-,41+/m1/s1. The zero-order valence-electron chi connectivity index (χ0n) is 31.6. The molecule has 5 aliphatic rings. The second-order valence-electron chi connectivity index (χ2n) is 16.4. The predicted molar refractivity (Wildman–Crippen MR) is 202 cm³/mol. The third-order valence-electron chi connectivity index (χ3n) is 12.8. The minimum absolute atomic E-state index is 0.0131. The van der Waals surface area contributed by atoms with Crippen LogP contribution in [0.25, 0.3) is 32.9 Å². The largest absolute Gasteiger partial charge is 0.508 e. The number of likely N-dealkylation sites (tertiary alicyclic amines) is 1. The molecule has 0 radical (unpaired) electrons. The van der Waals surface area contributed by atoms with Crippen molar-refractivity contribution in [3.05, 3.63) is 42.0 Å². The Morgan fingerprint density at radius 3 is 2.60 bits per heavy atom. The number of phenols is 1. The number of methoxy groups -OCH3 is 1. The van der Waals surface area contributed by atoms with Crippen LogP contribution in [-0.4, -0.2) is 101 Å². The molecule has 4 aliphatic heterocycles. The molecule has 4 aromatic rings. The summed E-state index contributed by atoms with van der Waals surface area (Å²) in [5.41, 5.74) is -1.18. The summed E-state index contributed by atoms with van der Waals surface area (Å²) in [5.74, 6) is -1.21. The minimum Gasteiger partial charge on any atom is -0.508 e. The highest BCUT2D eigenvalue weighted by Crippen LogP contribution is 2.50. The van der Waals surface area contributed by atoms with Crippen molar-refractivity contribution in [2.75, 3.05) is 44.8 Å². The monoisotopic (exact) mass is 758 g/mol. The van der Waals surface area contributed by atoms with Crippen LogP contribution in [0, 0.1) is 17.0 Å². The molecule has 6 atom stereocenters. The Hall–Kier alpha value is -4.56. The molecule has 1 aliphatic carbocycles. The Morgan fingerprint density at radius 2 is 1.82 bits per heavy atom. The lowest BCUT2D eigenvalue weighted by molar-refractivity contribution is -0.0967. The number of rotatable bonds is 7. The second kappa shape index (κ2) is 13.9. The van der Waals surface area contributed by atoms with Crippen molar-refractivity contribution in [2.24, 2.45) is 5.41 Å². The predicted octanol–water partition coefficient (Wildman–Crippen LogP) is 6.89. The number of benzene rings is 2. The fourth-order valence-electron chi connectivity index (χ4n) is 10.5. The van der Waals surface area contributed by atoms with Gasteiger partial charge in [0.15, 0.2) is 5.82 Å². The van der Waals surface area contributed by atoms with E-state index in [1.54, 1.807) is 6.07 Å². The molecule has 1 amide bonds. The highest BCUT2D eigenvalue weighted by molar-refractivity contribution is 6.02. The lowest BCUT2D eigenvalue weighted by Crippen LogP contribution is -2.57. The van der Waals surface area contributed by atoms with E-state index in [0.717, 1.165) is 51.5 Å². The summed E-state index contributed by atoms with van der Waals surface area (Å²) in [7, 11) is 1.42. The minimum atomic E-state index is -0.830. The molecule has 4 saturated heterocycles. The number of hydrogen-bond acceptors (Lipinski definition) is 11. The molecule has 55 heavy (non-hydrogen) atoms. The van der Waals surface area contributed by atoms with Gasteiger partial charge in [-0.15, -0.1) is 0 Å². The van der Waals surface area contributed by atoms with Gasteiger partial charge in [-0.2, -0.15) is 9.97 Å². The summed E-state index contributed by atoms with van der Waals surface area (Å²) in [6.07, 6.45) is 8.58. The Bertz CT molecular complexity index is 2150. The third-order valence-corrected chi connectivity index (χ3v) is 12.8. The van der Waals surface area contributed by atoms with E-state index in [9.17, 15) is 9.90 Å². The first-order valence-electron chi connectivity index (χ1n) is 19.7. The number of alkyl carbamates (subject to hydrolysis) is 1. The summed E-state index contributed by atoms with van der Waals surface area (Å²) >= 11 is 0. The second-order valence-corrected chi connectivity index (χ2v) is 16.4. The quantitative estimate of drug-likeness (QED) is 0.204. The van der Waals surface area contributed by atoms with Crippen LogP contribution in [-0.2, 0) is 9.47 Å². The van der Waals surface area contributed by atoms with E-state index in [1.807, 2.05) is 4.90 Å². The number of aromatic nitrogens is 3. The lowest BCUT2D eigenvalue weighted by Gasteiger charge is -2.51. The summed E-state index contributed by atoms with van der Waals surface area (Å²) in [5, 5.41) is 14.2. The van der Waals surface area contributed by atoms with Crippen molar-refractivity contribution in [1.29, 1.82) is 0 Å². The number of nitrogens with one attached hydrogen (secondary N) is 1. The first-order chi connectivity index (χ1) is 26.5. The molecular weight excluding hydrogens is 710 g/mol. The van der Waals surface area contributed by atoms with Crippen molar-refractivity contribution < 1.29 is 37.6 Å². The van der Waals surface area contributed by atoms with Gasteiger partial charge in [-0.05, 0) is 95.3 Å². The van der Waals surface area contributed by atoms with Crippen LogP contribution < -0.4 is 19.7 Å². The maximum atomic E-state index is 17.3. The Morgan fingerprint density at radius 1 is 1.02 bits per heavy atom. The van der Waals surface area contributed by atoms with Crippen LogP contribution in [0.2, 0.25) is 0 Å². The van der Waals surface area contributed by atoms with Crippen molar-refractivity contribution in [3.8, 4) is 28.9 Å². The van der Waals surface area contributed by atoms with Gasteiger partial charge in [-0.1, -0.05) is 18.6 Å². The molecule has 1 saturated carbocycles. The van der Waals surface area contributed by atoms with Gasteiger partial charge >= 0.3 is 12.1 Å². The van der Waals surface area contributed by atoms with Crippen LogP contribution in [0.15, 0.2) is 30.3 Å². The molecule has 2 aromatic heterocycles. The lowest BCUT2D eigenvalue weighted by atomic mass is 9.74. The van der Waals surface area contributed by atoms with Gasteiger partial charge in [0, 0.05) is 35.0 Å². The maximum Gasteiger partial charge on any atom is 0.407 e. The molecule has 2 N–H and O–H groups in total. The van der Waals surface area contributed by atoms with Crippen molar-refractivity contribution in [1.82, 2.24) is 25.2 Å². The van der Waals surface area contributed by atoms with Gasteiger partial charge in [0.1, 0.15) is 39.6 Å². The van der Waals surface area contributed by atoms with E-state index in [-0.39, 0.29) is 62.8 Å². The van der Waals surface area contributed by atoms with Crippen LogP contribution in [0.3, 0.4) is 0 Å². The topological polar surface area (TPSA) is 131 Å². The molecule has 292 valence electrons. The number of ether oxygens (including phenoxy) is 4. The van der Waals surface area contributed by atoms with Crippen LogP contribution in [0.4, 0.5) is 19.4 Å². The first-order valence-corrected chi connectivity index (χ1v) is 19.7. The summed E-state index contributed by atoms with van der Waals surface area (Å²) in [4.78, 5) is 31.2. The number of pyridine rings is 1. The molecule has 9 rings (SSSR count). The molecule has 1 spiro atoms. The van der Waals surface area contributed by atoms with Gasteiger partial charge in [0.05, 0.1) is 39.0 Å². The molecule has 12 nitrogen and oxygen atoms in total. The molecule has 1 unspecified atom stereocenters. The number of fused-ring (bicyclic) bond motifs is 3. The number of hydrogen-bond donors (Lipinski definition) is 2. The fourth-order valence-corrected chi connectivity index (χ4v) is 10.5. The van der Waals surface area contributed by atoms with Gasteiger partial charge < -0.3 is 34.3 Å². The summed E-state index contributed by atoms with van der Waals surface area (Å²) in [6.45, 7) is 6.93. The van der Waals surface area contributed by atoms with Gasteiger partial charge in [0.2, 0.25) is 5.88 Å². The van der Waals surface area contributed by atoms with E-state index in [0.29, 0.717) is 62.4 Å². The Kier molecular flexibility index (Phi) is 9.11. The number of anilines is 1. The normalized spacial score (nSPS) is 29.8. The summed E-state index contributed by atoms with van der Waals surface area (Å²) in [6, 6.07) is 7.98. The highest BCUT2D eigenvalue weighted by atomic mass is 19.1. The molecule has 0 bridgehead atoms. The zero-order chi connectivity index (χ0) is 38.1. The fraction of sp³-hybridized carbons (Fsp3) is 0.561. The molecular formula is C41H48F2N6O6. The molecule has 5 fully saturated rings. The average Bonchev–Trinajstić information content (AvgIpc) is 3.76. The molecule has 2 aromatic carbocycles. The molecule has 14 heteroatoms. The van der Waals surface area contributed by atoms with Gasteiger partial charge in [-0.3, -0.25) is 4.90 Å². The van der Waals surface area contributed by atoms with Crippen molar-refractivity contribution >= 4 is 33.6 Å². The highest BCUT2D eigenvalue weighted by Gasteiger charge is 2.51. The van der Waals surface area contributed by atoms with Crippen molar-refractivity contribution in [2.45, 2.75) is 102 Å². The first kappa shape index (κ1) is 36.1. The molecule has 6 heterocycles.